The van der Waals surface area contributed by atoms with E-state index in [1.54, 1.807) is 6.08 Å². The fourth-order valence-corrected chi connectivity index (χ4v) is 0.835. The number of rotatable bonds is 5. The Labute approximate surface area is 67.3 Å². The van der Waals surface area contributed by atoms with Gasteiger partial charge in [-0.15, -0.1) is 0 Å². The van der Waals surface area contributed by atoms with Gasteiger partial charge in [-0.3, -0.25) is 10.1 Å². The molecule has 0 spiro atoms. The van der Waals surface area contributed by atoms with Crippen LogP contribution in [0.5, 0.6) is 0 Å². The number of unbranched alkanes of at least 4 members (excludes halogenated alkanes) is 1. The average molecular weight is 157 g/mol. The third-order valence-electron chi connectivity index (χ3n) is 1.41. The minimum absolute atomic E-state index is 0.279. The molecule has 0 rings (SSSR count). The molecule has 0 radical (unpaired) electrons. The van der Waals surface area contributed by atoms with Crippen molar-refractivity contribution in [3.05, 3.63) is 21.9 Å². The second-order valence-corrected chi connectivity index (χ2v) is 2.49. The molecule has 0 amide bonds. The van der Waals surface area contributed by atoms with Gasteiger partial charge in [-0.1, -0.05) is 20.3 Å². The van der Waals surface area contributed by atoms with Crippen LogP contribution in [-0.4, -0.2) is 4.92 Å². The Morgan fingerprint density at radius 1 is 1.45 bits per heavy atom. The Hall–Kier alpha value is -0.860. The zero-order valence-corrected chi connectivity index (χ0v) is 7.17. The van der Waals surface area contributed by atoms with E-state index in [1.807, 2.05) is 13.8 Å². The van der Waals surface area contributed by atoms with Gasteiger partial charge in [-0.05, 0) is 18.9 Å². The Morgan fingerprint density at radius 2 is 2.09 bits per heavy atom. The van der Waals surface area contributed by atoms with Crippen LogP contribution in [0, 0.1) is 10.1 Å². The van der Waals surface area contributed by atoms with Gasteiger partial charge in [-0.2, -0.15) is 0 Å². The monoisotopic (exact) mass is 157 g/mol. The van der Waals surface area contributed by atoms with E-state index < -0.39 is 0 Å². The Balaban J connectivity index is 3.97. The summed E-state index contributed by atoms with van der Waals surface area (Å²) >= 11 is 0. The fraction of sp³-hybridized carbons (Fsp3) is 0.750. The van der Waals surface area contributed by atoms with Crippen molar-refractivity contribution in [2.24, 2.45) is 0 Å². The van der Waals surface area contributed by atoms with Crippen molar-refractivity contribution in [1.82, 2.24) is 0 Å². The highest BCUT2D eigenvalue weighted by Crippen LogP contribution is 2.07. The fourth-order valence-electron chi connectivity index (χ4n) is 0.835. The molecule has 0 saturated heterocycles. The van der Waals surface area contributed by atoms with Crippen LogP contribution in [0.4, 0.5) is 0 Å². The summed E-state index contributed by atoms with van der Waals surface area (Å²) in [7, 11) is 0. The normalized spacial score (nSPS) is 11.6. The van der Waals surface area contributed by atoms with Crippen LogP contribution >= 0.6 is 0 Å². The summed E-state index contributed by atoms with van der Waals surface area (Å²) in [4.78, 5) is 10.1. The molecule has 0 aliphatic heterocycles. The SMILES string of the molecule is CCC/C=C(/CCC)[N+](=O)[O-]. The van der Waals surface area contributed by atoms with Crippen molar-refractivity contribution in [1.29, 1.82) is 0 Å². The molecule has 64 valence electrons. The molecule has 0 fully saturated rings. The molecule has 11 heavy (non-hydrogen) atoms. The van der Waals surface area contributed by atoms with E-state index in [9.17, 15) is 10.1 Å². The van der Waals surface area contributed by atoms with Crippen LogP contribution < -0.4 is 0 Å². The molecule has 0 saturated carbocycles. The lowest BCUT2D eigenvalue weighted by molar-refractivity contribution is -0.428. The van der Waals surface area contributed by atoms with Crippen LogP contribution in [0.1, 0.15) is 39.5 Å². The van der Waals surface area contributed by atoms with Gasteiger partial charge in [0, 0.05) is 6.42 Å². The molecule has 0 aromatic rings. The molecule has 0 unspecified atom stereocenters. The summed E-state index contributed by atoms with van der Waals surface area (Å²) in [6.45, 7) is 3.96. The summed E-state index contributed by atoms with van der Waals surface area (Å²) in [5.41, 5.74) is 0.370. The molecule has 3 nitrogen and oxygen atoms in total. The molecule has 0 bridgehead atoms. The lowest BCUT2D eigenvalue weighted by Crippen LogP contribution is -1.97. The van der Waals surface area contributed by atoms with Gasteiger partial charge < -0.3 is 0 Å². The highest BCUT2D eigenvalue weighted by atomic mass is 16.6. The van der Waals surface area contributed by atoms with Crippen molar-refractivity contribution in [3.8, 4) is 0 Å². The summed E-state index contributed by atoms with van der Waals surface area (Å²) in [6.07, 6.45) is 4.95. The number of hydrogen-bond acceptors (Lipinski definition) is 2. The van der Waals surface area contributed by atoms with Crippen LogP contribution in [0.2, 0.25) is 0 Å². The first kappa shape index (κ1) is 10.1. The Morgan fingerprint density at radius 3 is 2.45 bits per heavy atom. The van der Waals surface area contributed by atoms with E-state index in [0.717, 1.165) is 19.3 Å². The van der Waals surface area contributed by atoms with Gasteiger partial charge >= 0.3 is 0 Å². The third kappa shape index (κ3) is 4.53. The van der Waals surface area contributed by atoms with Crippen LogP contribution in [0.15, 0.2) is 11.8 Å². The van der Waals surface area contributed by atoms with Crippen LogP contribution in [-0.2, 0) is 0 Å². The van der Waals surface area contributed by atoms with Crippen molar-refractivity contribution in [2.75, 3.05) is 0 Å². The van der Waals surface area contributed by atoms with Gasteiger partial charge in [0.2, 0.25) is 5.70 Å². The van der Waals surface area contributed by atoms with E-state index in [2.05, 4.69) is 0 Å². The summed E-state index contributed by atoms with van der Waals surface area (Å²) < 4.78 is 0. The first-order valence-corrected chi connectivity index (χ1v) is 4.05. The highest BCUT2D eigenvalue weighted by molar-refractivity contribution is 4.90. The van der Waals surface area contributed by atoms with Crippen molar-refractivity contribution < 1.29 is 4.92 Å². The molecule has 3 heteroatoms. The number of nitro groups is 1. The maximum absolute atomic E-state index is 10.3. The number of allylic oxidation sites excluding steroid dienone is 2. The smallest absolute Gasteiger partial charge is 0.242 e. The summed E-state index contributed by atoms with van der Waals surface area (Å²) in [5.74, 6) is 0. The zero-order valence-electron chi connectivity index (χ0n) is 7.17. The second-order valence-electron chi connectivity index (χ2n) is 2.49. The van der Waals surface area contributed by atoms with E-state index in [4.69, 9.17) is 0 Å². The minimum Gasteiger partial charge on any atom is -0.259 e. The van der Waals surface area contributed by atoms with Crippen LogP contribution in [0.25, 0.3) is 0 Å². The average Bonchev–Trinajstić information content (AvgIpc) is 1.97. The topological polar surface area (TPSA) is 43.1 Å². The first-order chi connectivity index (χ1) is 5.22. The third-order valence-corrected chi connectivity index (χ3v) is 1.41. The van der Waals surface area contributed by atoms with E-state index in [1.165, 1.54) is 0 Å². The molecule has 0 aromatic carbocycles. The van der Waals surface area contributed by atoms with Crippen LogP contribution in [0.3, 0.4) is 0 Å². The van der Waals surface area contributed by atoms with Crippen molar-refractivity contribution in [2.45, 2.75) is 39.5 Å². The molecule has 0 N–H and O–H groups in total. The molecular weight excluding hydrogens is 142 g/mol. The van der Waals surface area contributed by atoms with E-state index in [-0.39, 0.29) is 4.92 Å². The zero-order chi connectivity index (χ0) is 8.69. The predicted octanol–water partition coefficient (Wildman–Crippen LogP) is 2.75. The maximum Gasteiger partial charge on any atom is 0.242 e. The molecule has 0 atom stereocenters. The largest absolute Gasteiger partial charge is 0.259 e. The van der Waals surface area contributed by atoms with Gasteiger partial charge in [0.15, 0.2) is 0 Å². The Bertz CT molecular complexity index is 152. The van der Waals surface area contributed by atoms with Crippen molar-refractivity contribution in [3.63, 3.8) is 0 Å². The quantitative estimate of drug-likeness (QED) is 0.455. The number of hydrogen-bond donors (Lipinski definition) is 0. The molecule has 0 aliphatic carbocycles. The molecular formula is C8H15NO2. The molecule has 0 heterocycles. The minimum atomic E-state index is -0.279. The predicted molar refractivity (Wildman–Crippen MR) is 44.9 cm³/mol. The summed E-state index contributed by atoms with van der Waals surface area (Å²) in [5, 5.41) is 10.3. The Kier molecular flexibility index (Phi) is 5.43. The van der Waals surface area contributed by atoms with Gasteiger partial charge in [-0.25, -0.2) is 0 Å². The first-order valence-electron chi connectivity index (χ1n) is 4.05. The van der Waals surface area contributed by atoms with Gasteiger partial charge in [0.25, 0.3) is 0 Å². The standard InChI is InChI=1S/C8H15NO2/c1-3-5-7-8(6-4-2)9(10)11/h7H,3-6H2,1-2H3/b8-7-. The lowest BCUT2D eigenvalue weighted by atomic mass is 10.2. The molecule has 0 aromatic heterocycles. The summed E-state index contributed by atoms with van der Waals surface area (Å²) in [6, 6.07) is 0. The van der Waals surface area contributed by atoms with E-state index >= 15 is 0 Å². The number of nitrogens with zero attached hydrogens (tertiary/aromatic N) is 1. The maximum atomic E-state index is 10.3. The van der Waals surface area contributed by atoms with Crippen molar-refractivity contribution >= 4 is 0 Å². The second kappa shape index (κ2) is 5.89. The molecule has 0 aliphatic rings. The highest BCUT2D eigenvalue weighted by Gasteiger charge is 2.06. The van der Waals surface area contributed by atoms with Gasteiger partial charge in [0.05, 0.1) is 4.92 Å². The van der Waals surface area contributed by atoms with E-state index in [0.29, 0.717) is 12.1 Å². The lowest BCUT2D eigenvalue weighted by Gasteiger charge is -1.94. The van der Waals surface area contributed by atoms with Gasteiger partial charge in [0.1, 0.15) is 0 Å².